The molecule has 15 nitrogen and oxygen atoms in total. The number of rotatable bonds is 15. The summed E-state index contributed by atoms with van der Waals surface area (Å²) < 4.78 is 31.6. The number of hydrogen-bond donors (Lipinski definition) is 3. The number of benzene rings is 3. The monoisotopic (exact) mass is 643 g/mol. The molecule has 2 amide bonds. The Hall–Kier alpha value is -4.82. The average molecular weight is 644 g/mol. The first-order valence-electron chi connectivity index (χ1n) is 13.6. The summed E-state index contributed by atoms with van der Waals surface area (Å²) in [5.74, 6) is 0.195. The molecule has 4 rings (SSSR count). The highest BCUT2D eigenvalue weighted by Gasteiger charge is 2.33. The normalized spacial score (nSPS) is 12.3. The van der Waals surface area contributed by atoms with Gasteiger partial charge in [0.15, 0.2) is 12.4 Å². The molecule has 0 fully saturated rings. The van der Waals surface area contributed by atoms with Crippen molar-refractivity contribution in [1.82, 2.24) is 5.32 Å². The van der Waals surface area contributed by atoms with Gasteiger partial charge in [-0.3, -0.25) is 29.0 Å². The van der Waals surface area contributed by atoms with E-state index in [1.807, 2.05) is 0 Å². The molecule has 0 atom stereocenters. The summed E-state index contributed by atoms with van der Waals surface area (Å²) in [4.78, 5) is 66.6. The molecular weight excluding hydrogens is 613 g/mol. The Balaban J connectivity index is 1.20. The number of phosphoric ester groups is 1. The average Bonchev–Trinajstić information content (AvgIpc) is 3.46. The van der Waals surface area contributed by atoms with Crippen molar-refractivity contribution < 1.29 is 52.4 Å². The number of nitrogens with one attached hydrogen (secondary N) is 1. The summed E-state index contributed by atoms with van der Waals surface area (Å²) in [6.07, 6.45) is 0.370. The van der Waals surface area contributed by atoms with E-state index in [2.05, 4.69) is 9.84 Å². The Kier molecular flexibility index (Phi) is 10.9. The molecule has 0 aromatic heterocycles. The summed E-state index contributed by atoms with van der Waals surface area (Å²) in [5, 5.41) is 14.1. The molecule has 238 valence electrons. The number of carbonyl (C=O) groups is 3. The van der Waals surface area contributed by atoms with Gasteiger partial charge >= 0.3 is 7.82 Å². The molecule has 16 heteroatoms. The highest BCUT2D eigenvalue weighted by Crippen LogP contribution is 2.42. The zero-order valence-corrected chi connectivity index (χ0v) is 24.9. The molecular formula is C29H30N3O12P. The molecule has 45 heavy (non-hydrogen) atoms. The minimum absolute atomic E-state index is 0.0801. The minimum atomic E-state index is -4.56. The van der Waals surface area contributed by atoms with E-state index in [0.29, 0.717) is 40.4 Å². The van der Waals surface area contributed by atoms with Crippen LogP contribution in [-0.4, -0.2) is 71.8 Å². The molecule has 0 aliphatic carbocycles. The van der Waals surface area contributed by atoms with Gasteiger partial charge in [-0.25, -0.2) is 4.57 Å². The molecule has 0 bridgehead atoms. The third-order valence-corrected chi connectivity index (χ3v) is 7.07. The smallest absolute Gasteiger partial charge is 0.469 e. The summed E-state index contributed by atoms with van der Waals surface area (Å²) >= 11 is 0. The predicted molar refractivity (Wildman–Crippen MR) is 159 cm³/mol. The van der Waals surface area contributed by atoms with Crippen molar-refractivity contribution in [2.45, 2.75) is 13.3 Å². The number of nitro benzene ring substituents is 1. The van der Waals surface area contributed by atoms with Crippen molar-refractivity contribution in [3.05, 3.63) is 87.5 Å². The second-order valence-electron chi connectivity index (χ2n) is 9.62. The molecule has 3 aromatic carbocycles. The number of anilines is 1. The Morgan fingerprint density at radius 1 is 0.911 bits per heavy atom. The SMILES string of the molecule is CC(=O)N1CCc2c(OCC(=O)NCCOc3ccc(C(=O)c4ccc(OCCOP(=O)(O)O)cc4)cc3)ccc([N+](=O)[O-])c21. The quantitative estimate of drug-likeness (QED) is 0.0719. The third kappa shape index (κ3) is 9.09. The lowest BCUT2D eigenvalue weighted by molar-refractivity contribution is -0.384. The van der Waals surface area contributed by atoms with E-state index < -0.39 is 18.7 Å². The van der Waals surface area contributed by atoms with Crippen molar-refractivity contribution in [1.29, 1.82) is 0 Å². The van der Waals surface area contributed by atoms with Gasteiger partial charge in [0.2, 0.25) is 5.91 Å². The first-order valence-corrected chi connectivity index (χ1v) is 15.1. The van der Waals surface area contributed by atoms with Crippen LogP contribution in [0.25, 0.3) is 0 Å². The van der Waals surface area contributed by atoms with Crippen molar-refractivity contribution in [3.63, 3.8) is 0 Å². The van der Waals surface area contributed by atoms with E-state index in [1.165, 1.54) is 24.0 Å². The topological polar surface area (TPSA) is 204 Å². The van der Waals surface area contributed by atoms with Crippen LogP contribution in [0.5, 0.6) is 17.2 Å². The molecule has 0 unspecified atom stereocenters. The summed E-state index contributed by atoms with van der Waals surface area (Å²) in [7, 11) is -4.56. The van der Waals surface area contributed by atoms with Crippen LogP contribution in [-0.2, 0) is 25.1 Å². The first kappa shape index (κ1) is 33.1. The van der Waals surface area contributed by atoms with Crippen molar-refractivity contribution in [2.75, 3.05) is 44.4 Å². The first-order chi connectivity index (χ1) is 21.4. The van der Waals surface area contributed by atoms with Crippen LogP contribution in [0.4, 0.5) is 11.4 Å². The van der Waals surface area contributed by atoms with Crippen molar-refractivity contribution >= 4 is 36.8 Å². The van der Waals surface area contributed by atoms with Gasteiger partial charge in [0.1, 0.15) is 36.1 Å². The van der Waals surface area contributed by atoms with Crippen molar-refractivity contribution in [3.8, 4) is 17.2 Å². The number of hydrogen-bond acceptors (Lipinski definition) is 10. The fraction of sp³-hybridized carbons (Fsp3) is 0.276. The molecule has 1 aliphatic heterocycles. The zero-order chi connectivity index (χ0) is 32.6. The lowest BCUT2D eigenvalue weighted by atomic mass is 10.0. The molecule has 0 saturated carbocycles. The maximum Gasteiger partial charge on any atom is 0.469 e. The number of amides is 2. The molecule has 0 radical (unpaired) electrons. The second-order valence-corrected chi connectivity index (χ2v) is 10.9. The van der Waals surface area contributed by atoms with E-state index >= 15 is 0 Å². The number of fused-ring (bicyclic) bond motifs is 1. The fourth-order valence-corrected chi connectivity index (χ4v) is 4.83. The largest absolute Gasteiger partial charge is 0.492 e. The number of nitrogens with zero attached hydrogens (tertiary/aromatic N) is 2. The van der Waals surface area contributed by atoms with E-state index in [-0.39, 0.29) is 62.6 Å². The van der Waals surface area contributed by atoms with Crippen LogP contribution in [0.2, 0.25) is 0 Å². The van der Waals surface area contributed by atoms with Gasteiger partial charge in [0.25, 0.3) is 11.6 Å². The Morgan fingerprint density at radius 3 is 2.07 bits per heavy atom. The van der Waals surface area contributed by atoms with Gasteiger partial charge in [0.05, 0.1) is 18.1 Å². The van der Waals surface area contributed by atoms with Gasteiger partial charge in [-0.1, -0.05) is 0 Å². The maximum absolute atomic E-state index is 12.8. The highest BCUT2D eigenvalue weighted by atomic mass is 31.2. The Morgan fingerprint density at radius 2 is 1.51 bits per heavy atom. The second kappa shape index (κ2) is 14.8. The lowest BCUT2D eigenvalue weighted by Gasteiger charge is -2.16. The minimum Gasteiger partial charge on any atom is -0.492 e. The maximum atomic E-state index is 12.8. The standard InChI is InChI=1S/C29H30N3O12P/c1-19(33)31-14-12-24-26(11-10-25(28(24)31)32(36)37)43-18-27(34)30-13-15-41-22-6-2-20(3-7-22)29(35)21-4-8-23(9-5-21)42-16-17-44-45(38,39)40/h2-11H,12-18H2,1H3,(H,30,34)(H2,38,39,40). The number of nitro groups is 1. The molecule has 3 N–H and O–H groups in total. The number of ether oxygens (including phenoxy) is 3. The number of carbonyl (C=O) groups excluding carboxylic acids is 3. The highest BCUT2D eigenvalue weighted by molar-refractivity contribution is 7.46. The molecule has 3 aromatic rings. The van der Waals surface area contributed by atoms with Crippen LogP contribution in [0.1, 0.15) is 28.4 Å². The van der Waals surface area contributed by atoms with Crippen LogP contribution in [0.3, 0.4) is 0 Å². The Bertz CT molecular complexity index is 1610. The van der Waals surface area contributed by atoms with Gasteiger partial charge in [-0.2, -0.15) is 0 Å². The summed E-state index contributed by atoms with van der Waals surface area (Å²) in [6, 6.07) is 15.4. The van der Waals surface area contributed by atoms with Gasteiger partial charge < -0.3 is 34.2 Å². The van der Waals surface area contributed by atoms with E-state index in [1.54, 1.807) is 48.5 Å². The summed E-state index contributed by atoms with van der Waals surface area (Å²) in [6.45, 7) is 1.21. The zero-order valence-electron chi connectivity index (χ0n) is 24.0. The molecule has 0 saturated heterocycles. The van der Waals surface area contributed by atoms with E-state index in [9.17, 15) is 29.1 Å². The van der Waals surface area contributed by atoms with Gasteiger partial charge in [-0.05, 0) is 61.0 Å². The van der Waals surface area contributed by atoms with Crippen LogP contribution >= 0.6 is 7.82 Å². The summed E-state index contributed by atoms with van der Waals surface area (Å²) in [5.41, 5.74) is 1.33. The van der Waals surface area contributed by atoms with Crippen LogP contribution in [0, 0.1) is 10.1 Å². The van der Waals surface area contributed by atoms with Crippen molar-refractivity contribution in [2.24, 2.45) is 0 Å². The van der Waals surface area contributed by atoms with Gasteiger partial charge in [-0.15, -0.1) is 0 Å². The molecule has 1 aliphatic rings. The van der Waals surface area contributed by atoms with Crippen LogP contribution < -0.4 is 24.4 Å². The predicted octanol–water partition coefficient (Wildman–Crippen LogP) is 2.80. The Labute approximate surface area is 257 Å². The number of ketones is 1. The third-order valence-electron chi connectivity index (χ3n) is 6.55. The van der Waals surface area contributed by atoms with E-state index in [4.69, 9.17) is 24.0 Å². The van der Waals surface area contributed by atoms with Gasteiger partial charge in [0, 0.05) is 36.2 Å². The fourth-order valence-electron chi connectivity index (χ4n) is 4.52. The lowest BCUT2D eigenvalue weighted by Crippen LogP contribution is -2.32. The van der Waals surface area contributed by atoms with Crippen LogP contribution in [0.15, 0.2) is 60.7 Å². The van der Waals surface area contributed by atoms with E-state index in [0.717, 1.165) is 0 Å². The number of phosphoric acid groups is 1. The molecule has 0 spiro atoms. The molecule has 1 heterocycles.